The lowest BCUT2D eigenvalue weighted by molar-refractivity contribution is -0.120. The third kappa shape index (κ3) is 14.3. The number of nitrogens with zero attached hydrogens (tertiary/aromatic N) is 8. The lowest BCUT2D eigenvalue weighted by Gasteiger charge is -2.42. The Kier molecular flexibility index (Phi) is 20.1. The largest absolute Gasteiger partial charge is 0.468 e. The average molecular weight is 1300 g/mol. The van der Waals surface area contributed by atoms with Gasteiger partial charge >= 0.3 is 18.1 Å². The van der Waals surface area contributed by atoms with Gasteiger partial charge in [0.15, 0.2) is 12.6 Å². The van der Waals surface area contributed by atoms with Crippen LogP contribution in [0.4, 0.5) is 29.9 Å². The second kappa shape index (κ2) is 27.7. The van der Waals surface area contributed by atoms with Gasteiger partial charge in [-0.05, 0) is 162 Å². The molecule has 0 spiro atoms. The predicted octanol–water partition coefficient (Wildman–Crippen LogP) is 13.2. The molecule has 2 atom stereocenters. The minimum absolute atomic E-state index is 0.00888. The van der Waals surface area contributed by atoms with Crippen LogP contribution in [0.25, 0.3) is 32.9 Å². The molecule has 2 bridgehead atoms. The lowest BCUT2D eigenvalue weighted by Crippen LogP contribution is -2.57. The molecule has 1 N–H and O–H groups in total. The molecule has 5 aromatic rings. The van der Waals surface area contributed by atoms with Gasteiger partial charge in [0.2, 0.25) is 5.91 Å². The Bertz CT molecular complexity index is 3610. The van der Waals surface area contributed by atoms with Gasteiger partial charge in [-0.3, -0.25) is 29.7 Å². The third-order valence-electron chi connectivity index (χ3n) is 20.1. The number of urea groups is 1. The van der Waals surface area contributed by atoms with Crippen LogP contribution in [0.2, 0.25) is 21.6 Å². The minimum Gasteiger partial charge on any atom is -0.468 e. The smallest absolute Gasteiger partial charge is 0.410 e. The molecule has 2 aromatic heterocycles. The number of amides is 5. The van der Waals surface area contributed by atoms with Crippen LogP contribution < -0.4 is 24.6 Å². The van der Waals surface area contributed by atoms with Crippen molar-refractivity contribution in [3.05, 3.63) is 76.4 Å². The molecule has 6 fully saturated rings. The number of anilines is 2. The van der Waals surface area contributed by atoms with E-state index in [9.17, 15) is 19.2 Å². The number of nitrogens with one attached hydrogen (secondary N) is 1. The number of pyridine rings is 1. The number of imide groups is 1. The summed E-state index contributed by atoms with van der Waals surface area (Å²) in [5.74, 6) is 3.44. The Hall–Kier alpha value is -6.70. The molecule has 5 saturated heterocycles. The van der Waals surface area contributed by atoms with E-state index in [-0.39, 0.29) is 77.9 Å². The van der Waals surface area contributed by atoms with E-state index >= 15 is 8.78 Å². The zero-order valence-corrected chi connectivity index (χ0v) is 56.9. The summed E-state index contributed by atoms with van der Waals surface area (Å²) in [6, 6.07) is 10.6. The predicted molar refractivity (Wildman–Crippen MR) is 355 cm³/mol. The standard InChI is InChI=1S/C70H90ClF2N9O9Si/c1-43(2)92(44(3)4,45(5)6)32-23-53-57(72)16-12-48-33-52(90-42-87-10)35-54(60(48)53)62-61(73)63-55(36-74-62)64(80-37-50-13-14-51(38-80)82(50)68(86)91-69(7,8)9)77-66(76-63)89-41-70(24-25-70)40-78-26-17-46(18-27-78)22-31-88-39-47-19-28-79(29-20-47)65(84)49-11-15-56(71)58(34-49)81-30-21-59(83)75-67(81)85/h11-12,15-16,33-36,43-47,50-51H,13-14,17-22,24-31,37-42H2,1-10H3,(H,75,83,85). The number of carbonyl (C=O) groups is 4. The molecule has 494 valence electrons. The maximum absolute atomic E-state index is 18.3. The fourth-order valence-corrected chi connectivity index (χ4v) is 20.4. The number of methoxy groups -OCH3 is 1. The highest BCUT2D eigenvalue weighted by atomic mass is 35.5. The normalized spacial score (nSPS) is 20.0. The van der Waals surface area contributed by atoms with Crippen LogP contribution in [0.15, 0.2) is 48.7 Å². The monoisotopic (exact) mass is 1300 g/mol. The minimum atomic E-state index is -2.36. The van der Waals surface area contributed by atoms with Crippen molar-refractivity contribution in [2.75, 3.05) is 95.9 Å². The molecule has 1 aliphatic carbocycles. The van der Waals surface area contributed by atoms with E-state index < -0.39 is 31.3 Å². The number of piperidine rings is 2. The molecule has 92 heavy (non-hydrogen) atoms. The van der Waals surface area contributed by atoms with Crippen molar-refractivity contribution in [2.45, 2.75) is 161 Å². The van der Waals surface area contributed by atoms with Crippen LogP contribution in [0.3, 0.4) is 0 Å². The Morgan fingerprint density at radius 1 is 0.859 bits per heavy atom. The molecule has 7 heterocycles. The summed E-state index contributed by atoms with van der Waals surface area (Å²) in [5, 5.41) is 4.05. The summed E-state index contributed by atoms with van der Waals surface area (Å²) in [6.45, 7) is 25.6. The second-order valence-electron chi connectivity index (χ2n) is 28.4. The van der Waals surface area contributed by atoms with Gasteiger partial charge in [0.25, 0.3) is 5.91 Å². The SMILES string of the molecule is COCOc1cc(-c2ncc3c(N4CC5CCC(C4)N5C(=O)OC(C)(C)C)nc(OCC4(CN5CCC(CCOCC6CCN(C(=O)c7ccc(Cl)c(N8CCC(=O)NC8=O)c7)CC6)CC5)CC4)nc3c2F)c2c(C#C[Si](C(C)C)(C(C)C)C(C)C)c(F)ccc2c1. The van der Waals surface area contributed by atoms with E-state index in [1.165, 1.54) is 18.1 Å². The summed E-state index contributed by atoms with van der Waals surface area (Å²) in [6.07, 6.45) is 9.71. The highest BCUT2D eigenvalue weighted by molar-refractivity contribution is 6.90. The number of fused-ring (bicyclic) bond motifs is 4. The topological polar surface area (TPSA) is 181 Å². The van der Waals surface area contributed by atoms with Crippen LogP contribution >= 0.6 is 11.6 Å². The number of aromatic nitrogens is 3. The fourth-order valence-electron chi connectivity index (χ4n) is 15.0. The quantitative estimate of drug-likeness (QED) is 0.0336. The first-order valence-electron chi connectivity index (χ1n) is 33.1. The van der Waals surface area contributed by atoms with Crippen LogP contribution in [0.5, 0.6) is 11.8 Å². The zero-order valence-electron chi connectivity index (χ0n) is 55.1. The van der Waals surface area contributed by atoms with Gasteiger partial charge in [0, 0.05) is 94.1 Å². The lowest BCUT2D eigenvalue weighted by atomic mass is 9.93. The van der Waals surface area contributed by atoms with Crippen molar-refractivity contribution in [2.24, 2.45) is 17.3 Å². The van der Waals surface area contributed by atoms with Crippen molar-refractivity contribution in [1.82, 2.24) is 35.0 Å². The summed E-state index contributed by atoms with van der Waals surface area (Å²) in [5.41, 5.74) is 5.09. The summed E-state index contributed by atoms with van der Waals surface area (Å²) >= 11 is 6.45. The van der Waals surface area contributed by atoms with E-state index in [4.69, 9.17) is 50.2 Å². The maximum atomic E-state index is 18.3. The van der Waals surface area contributed by atoms with Gasteiger partial charge in [0.05, 0.1) is 40.4 Å². The van der Waals surface area contributed by atoms with Crippen LogP contribution in [-0.4, -0.2) is 165 Å². The fraction of sp³-hybridized carbons (Fsp3) is 0.586. The first kappa shape index (κ1) is 66.7. The number of carbonyl (C=O) groups excluding carboxylic acids is 4. The van der Waals surface area contributed by atoms with Gasteiger partial charge in [-0.2, -0.15) is 9.97 Å². The molecular weight excluding hydrogens is 1210 g/mol. The Labute approximate surface area is 545 Å². The number of benzene rings is 3. The number of piperazine rings is 1. The van der Waals surface area contributed by atoms with E-state index in [0.717, 1.165) is 77.4 Å². The number of likely N-dealkylation sites (tertiary alicyclic amines) is 2. The third-order valence-corrected chi connectivity index (χ3v) is 26.7. The van der Waals surface area contributed by atoms with Crippen molar-refractivity contribution in [1.29, 1.82) is 0 Å². The molecule has 3 aromatic carbocycles. The van der Waals surface area contributed by atoms with Crippen LogP contribution in [-0.2, 0) is 19.0 Å². The number of halogens is 3. The Morgan fingerprint density at radius 3 is 2.21 bits per heavy atom. The van der Waals surface area contributed by atoms with Crippen molar-refractivity contribution in [3.8, 4) is 34.5 Å². The zero-order chi connectivity index (χ0) is 65.4. The molecule has 0 radical (unpaired) electrons. The first-order chi connectivity index (χ1) is 43.9. The van der Waals surface area contributed by atoms with Gasteiger partial charge < -0.3 is 38.4 Å². The molecule has 18 nitrogen and oxygen atoms in total. The van der Waals surface area contributed by atoms with Crippen molar-refractivity contribution in [3.63, 3.8) is 0 Å². The van der Waals surface area contributed by atoms with Gasteiger partial charge in [-0.25, -0.2) is 18.4 Å². The molecule has 5 amide bonds. The number of hydrogen-bond donors (Lipinski definition) is 1. The Balaban J connectivity index is 0.771. The molecule has 6 aliphatic rings. The molecule has 1 saturated carbocycles. The highest BCUT2D eigenvalue weighted by Gasteiger charge is 2.48. The molecule has 5 aliphatic heterocycles. The van der Waals surface area contributed by atoms with Gasteiger partial charge in [-0.1, -0.05) is 65.1 Å². The van der Waals surface area contributed by atoms with E-state index in [2.05, 4.69) is 68.1 Å². The van der Waals surface area contributed by atoms with E-state index in [1.807, 2.05) is 30.6 Å². The summed E-state index contributed by atoms with van der Waals surface area (Å²) < 4.78 is 65.0. The van der Waals surface area contributed by atoms with Crippen LogP contribution in [0.1, 0.15) is 142 Å². The summed E-state index contributed by atoms with van der Waals surface area (Å²) in [7, 11) is -0.837. The number of rotatable bonds is 20. The van der Waals surface area contributed by atoms with Crippen molar-refractivity contribution >= 4 is 76.8 Å². The maximum Gasteiger partial charge on any atom is 0.410 e. The van der Waals surface area contributed by atoms with Gasteiger partial charge in [-0.15, -0.1) is 5.54 Å². The molecule has 11 rings (SSSR count). The first-order valence-corrected chi connectivity index (χ1v) is 35.7. The Morgan fingerprint density at radius 2 is 1.55 bits per heavy atom. The van der Waals surface area contributed by atoms with E-state index in [1.54, 1.807) is 42.6 Å². The molecule has 2 unspecified atom stereocenters. The van der Waals surface area contributed by atoms with Crippen LogP contribution in [0, 0.1) is 40.3 Å². The number of hydrogen-bond acceptors (Lipinski definition) is 14. The average Bonchev–Trinajstić information content (AvgIpc) is 0.816. The van der Waals surface area contributed by atoms with E-state index in [0.29, 0.717) is 124 Å². The van der Waals surface area contributed by atoms with Crippen molar-refractivity contribution < 1.29 is 51.6 Å². The second-order valence-corrected chi connectivity index (χ2v) is 34.4. The molecular formula is C70H90ClF2N9O9Si. The summed E-state index contributed by atoms with van der Waals surface area (Å²) in [4.78, 5) is 76.1. The number of ether oxygens (including phenoxy) is 5. The molecule has 22 heteroatoms. The highest BCUT2D eigenvalue weighted by Crippen LogP contribution is 2.48. The van der Waals surface area contributed by atoms with Gasteiger partial charge in [0.1, 0.15) is 42.3 Å².